The molecule has 10 nitrogen and oxygen atoms in total. The van der Waals surface area contributed by atoms with Crippen molar-refractivity contribution in [2.75, 3.05) is 12.5 Å². The maximum Gasteiger partial charge on any atom is 0.260 e. The largest absolute Gasteiger partial charge is 0.508 e. The third kappa shape index (κ3) is 5.31. The number of phenols is 1. The Kier molecular flexibility index (Phi) is 8.47. The van der Waals surface area contributed by atoms with Crippen LogP contribution >= 0.6 is 23.2 Å². The summed E-state index contributed by atoms with van der Waals surface area (Å²) in [6, 6.07) is 26.2. The molecule has 3 N–H and O–H groups in total. The van der Waals surface area contributed by atoms with E-state index in [1.54, 1.807) is 48.5 Å². The molecule has 3 fully saturated rings. The fraction of sp³-hybridized carbons (Fsp3) is 0.250. The van der Waals surface area contributed by atoms with Gasteiger partial charge in [-0.1, -0.05) is 83.4 Å². The second-order valence-electron chi connectivity index (χ2n) is 13.6. The van der Waals surface area contributed by atoms with Crippen LogP contribution in [0.3, 0.4) is 0 Å². The number of phenolic OH excluding ortho intramolecular Hbond substituents is 1. The molecule has 12 heteroatoms. The van der Waals surface area contributed by atoms with Crippen LogP contribution in [0.2, 0.25) is 10.0 Å². The molecular weight excluding hydrogens is 705 g/mol. The van der Waals surface area contributed by atoms with Crippen molar-refractivity contribution in [3.8, 4) is 17.2 Å². The molecule has 0 spiro atoms. The van der Waals surface area contributed by atoms with Crippen LogP contribution in [0.5, 0.6) is 17.2 Å². The number of aromatic hydroxyl groups is 1. The number of hydrazine groups is 1. The summed E-state index contributed by atoms with van der Waals surface area (Å²) >= 11 is 12.7. The molecule has 52 heavy (non-hydrogen) atoms. The predicted molar refractivity (Wildman–Crippen MR) is 193 cm³/mol. The van der Waals surface area contributed by atoms with Crippen molar-refractivity contribution in [1.29, 1.82) is 0 Å². The molecule has 2 saturated heterocycles. The quantitative estimate of drug-likeness (QED) is 0.137. The van der Waals surface area contributed by atoms with Crippen LogP contribution in [-0.2, 0) is 31.2 Å². The molecule has 0 radical (unpaired) electrons. The zero-order valence-corrected chi connectivity index (χ0v) is 29.4. The van der Waals surface area contributed by atoms with Crippen LogP contribution < -0.4 is 20.2 Å². The van der Waals surface area contributed by atoms with Gasteiger partial charge in [-0.15, -0.1) is 0 Å². The number of carbonyl (C=O) groups excluding carboxylic acids is 4. The third-order valence-corrected chi connectivity index (χ3v) is 11.5. The van der Waals surface area contributed by atoms with Gasteiger partial charge in [-0.2, -0.15) is 5.01 Å². The fourth-order valence-electron chi connectivity index (χ4n) is 8.70. The molecule has 0 aromatic heterocycles. The van der Waals surface area contributed by atoms with E-state index >= 15 is 4.79 Å². The molecule has 4 aromatic rings. The van der Waals surface area contributed by atoms with Crippen molar-refractivity contribution in [2.24, 2.45) is 23.7 Å². The molecule has 0 bridgehead atoms. The lowest BCUT2D eigenvalue weighted by atomic mass is 9.49. The Bertz CT molecular complexity index is 2160. The van der Waals surface area contributed by atoms with Crippen LogP contribution in [0.25, 0.3) is 0 Å². The molecule has 264 valence electrons. The monoisotopic (exact) mass is 737 g/mol. The zero-order valence-electron chi connectivity index (χ0n) is 27.8. The van der Waals surface area contributed by atoms with Crippen LogP contribution in [0.15, 0.2) is 103 Å². The average molecular weight is 739 g/mol. The van der Waals surface area contributed by atoms with Crippen molar-refractivity contribution in [3.63, 3.8) is 0 Å². The number of rotatable bonds is 8. The van der Waals surface area contributed by atoms with Gasteiger partial charge in [0.15, 0.2) is 0 Å². The number of nitrogens with zero attached hydrogens (tertiary/aromatic N) is 1. The Balaban J connectivity index is 1.31. The summed E-state index contributed by atoms with van der Waals surface area (Å²) in [4.78, 5) is 56.4. The van der Waals surface area contributed by atoms with Gasteiger partial charge in [0, 0.05) is 22.6 Å². The number of carbonyl (C=O) groups is 4. The van der Waals surface area contributed by atoms with Gasteiger partial charge in [0.05, 0.1) is 41.0 Å². The smallest absolute Gasteiger partial charge is 0.260 e. The summed E-state index contributed by atoms with van der Waals surface area (Å²) in [5.41, 5.74) is 4.19. The molecule has 2 heterocycles. The first kappa shape index (κ1) is 33.8. The Morgan fingerprint density at radius 2 is 1.65 bits per heavy atom. The molecule has 4 aliphatic rings. The van der Waals surface area contributed by atoms with Gasteiger partial charge < -0.3 is 14.6 Å². The van der Waals surface area contributed by atoms with Crippen molar-refractivity contribution in [3.05, 3.63) is 129 Å². The maximum absolute atomic E-state index is 15.3. The second kappa shape index (κ2) is 13.0. The van der Waals surface area contributed by atoms with Gasteiger partial charge in [0.25, 0.3) is 11.8 Å². The van der Waals surface area contributed by atoms with Gasteiger partial charge in [0.2, 0.25) is 11.8 Å². The summed E-state index contributed by atoms with van der Waals surface area (Å²) < 4.78 is 11.5. The zero-order chi connectivity index (χ0) is 36.3. The summed E-state index contributed by atoms with van der Waals surface area (Å²) in [7, 11) is 1.53. The van der Waals surface area contributed by atoms with E-state index in [1.807, 2.05) is 36.4 Å². The molecule has 4 amide bonds. The molecule has 6 atom stereocenters. The van der Waals surface area contributed by atoms with E-state index < -0.39 is 52.7 Å². The summed E-state index contributed by atoms with van der Waals surface area (Å²) in [6.45, 7) is 0.265. The van der Waals surface area contributed by atoms with E-state index in [1.165, 1.54) is 19.2 Å². The van der Waals surface area contributed by atoms with Gasteiger partial charge in [-0.3, -0.25) is 29.9 Å². The molecule has 2 aliphatic heterocycles. The number of fused-ring (bicyclic) bond motifs is 4. The molecule has 6 unspecified atom stereocenters. The normalized spacial score (nSPS) is 26.2. The lowest BCUT2D eigenvalue weighted by molar-refractivity contribution is -0.138. The van der Waals surface area contributed by atoms with Gasteiger partial charge >= 0.3 is 0 Å². The predicted octanol–water partition coefficient (Wildman–Crippen LogP) is 6.56. The van der Waals surface area contributed by atoms with Crippen molar-refractivity contribution in [1.82, 2.24) is 10.3 Å². The number of imide groups is 2. The average Bonchev–Trinajstić information content (AvgIpc) is 3.56. The second-order valence-corrected chi connectivity index (χ2v) is 14.4. The third-order valence-electron chi connectivity index (χ3n) is 11.0. The molecule has 8 rings (SSSR count). The van der Waals surface area contributed by atoms with Crippen LogP contribution in [-0.4, -0.2) is 40.9 Å². The number of benzene rings is 4. The minimum Gasteiger partial charge on any atom is -0.508 e. The van der Waals surface area contributed by atoms with E-state index in [0.29, 0.717) is 33.2 Å². The highest BCUT2D eigenvalue weighted by molar-refractivity contribution is 6.36. The van der Waals surface area contributed by atoms with Crippen molar-refractivity contribution in [2.45, 2.75) is 30.8 Å². The van der Waals surface area contributed by atoms with Crippen LogP contribution in [0.1, 0.15) is 35.4 Å². The number of nitrogens with one attached hydrogen (secondary N) is 2. The highest BCUT2D eigenvalue weighted by Gasteiger charge is 2.70. The SMILES string of the molecule is COc1ccc(C23C(=O)N(Nc4ccc(Cl)cc4Cl)C(=O)C2CC2C(=CCC4C(=O)NC(=O)C42)C3c2ccc(OCc3ccccc3)cc2O)cc1. The first-order chi connectivity index (χ1) is 25.1. The van der Waals surface area contributed by atoms with E-state index in [-0.39, 0.29) is 41.8 Å². The van der Waals surface area contributed by atoms with E-state index in [0.717, 1.165) is 10.6 Å². The van der Waals surface area contributed by atoms with E-state index in [2.05, 4.69) is 10.7 Å². The topological polar surface area (TPSA) is 134 Å². The standard InChI is InChI=1S/C40H33Cl2N3O7/c1-51-24-10-7-22(8-11-24)40-30(38(49)45(39(40)50)44-32-16-9-23(41)17-31(32)42)19-29-26(14-15-28-34(29)37(48)43-36(28)47)35(40)27-13-12-25(18-33(27)46)52-20-21-5-3-2-4-6-21/h2-14,16-18,28-30,34-35,44,46H,15,19-20H2,1H3,(H,43,47,48). The number of amides is 4. The summed E-state index contributed by atoms with van der Waals surface area (Å²) in [5, 5.41) is 15.9. The molecule has 2 aliphatic carbocycles. The van der Waals surface area contributed by atoms with Crippen LogP contribution in [0, 0.1) is 23.7 Å². The Morgan fingerprint density at radius 1 is 0.904 bits per heavy atom. The van der Waals surface area contributed by atoms with E-state index in [9.17, 15) is 19.5 Å². The first-order valence-corrected chi connectivity index (χ1v) is 17.7. The Hall–Kier alpha value is -5.32. The number of anilines is 1. The molecule has 1 saturated carbocycles. The Labute approximate surface area is 309 Å². The number of ether oxygens (including phenoxy) is 2. The molecule has 4 aromatic carbocycles. The number of hydrogen-bond donors (Lipinski definition) is 3. The van der Waals surface area contributed by atoms with Gasteiger partial charge in [0.1, 0.15) is 23.9 Å². The first-order valence-electron chi connectivity index (χ1n) is 16.9. The van der Waals surface area contributed by atoms with Gasteiger partial charge in [-0.05, 0) is 66.3 Å². The fourth-order valence-corrected chi connectivity index (χ4v) is 9.15. The minimum absolute atomic E-state index is 0.104. The molecular formula is C40H33Cl2N3O7. The van der Waals surface area contributed by atoms with E-state index in [4.69, 9.17) is 32.7 Å². The number of halogens is 2. The summed E-state index contributed by atoms with van der Waals surface area (Å²) in [5.74, 6) is -4.93. The van der Waals surface area contributed by atoms with Crippen molar-refractivity contribution >= 4 is 52.5 Å². The number of allylic oxidation sites excluding steroid dienone is 2. The minimum atomic E-state index is -1.60. The van der Waals surface area contributed by atoms with Crippen molar-refractivity contribution < 1.29 is 33.8 Å². The highest BCUT2D eigenvalue weighted by Crippen LogP contribution is 2.64. The lowest BCUT2D eigenvalue weighted by Gasteiger charge is -2.50. The number of hydrogen-bond acceptors (Lipinski definition) is 8. The maximum atomic E-state index is 15.3. The Morgan fingerprint density at radius 3 is 2.37 bits per heavy atom. The van der Waals surface area contributed by atoms with Crippen LogP contribution in [0.4, 0.5) is 5.69 Å². The summed E-state index contributed by atoms with van der Waals surface area (Å²) in [6.07, 6.45) is 2.28. The van der Waals surface area contributed by atoms with Gasteiger partial charge in [-0.25, -0.2) is 0 Å². The highest BCUT2D eigenvalue weighted by atomic mass is 35.5. The number of methoxy groups -OCH3 is 1. The lowest BCUT2D eigenvalue weighted by Crippen LogP contribution is -2.53.